The van der Waals surface area contributed by atoms with E-state index in [9.17, 15) is 0 Å². The summed E-state index contributed by atoms with van der Waals surface area (Å²) >= 11 is 0. The van der Waals surface area contributed by atoms with Crippen molar-refractivity contribution in [3.8, 4) is 0 Å². The smallest absolute Gasteiger partial charge is 0.0198 e. The minimum atomic E-state index is 0.370. The van der Waals surface area contributed by atoms with E-state index in [-0.39, 0.29) is 0 Å². The Bertz CT molecular complexity index is 362. The second kappa shape index (κ2) is 4.42. The van der Waals surface area contributed by atoms with E-state index in [0.717, 1.165) is 6.42 Å². The first kappa shape index (κ1) is 11.4. The summed E-state index contributed by atoms with van der Waals surface area (Å²) in [6, 6.07) is 11.4. The van der Waals surface area contributed by atoms with Gasteiger partial charge in [-0.1, -0.05) is 35.9 Å². The minimum Gasteiger partial charge on any atom is -0.316 e. The van der Waals surface area contributed by atoms with Crippen molar-refractivity contribution in [1.82, 2.24) is 5.32 Å². The first-order chi connectivity index (χ1) is 7.69. The summed E-state index contributed by atoms with van der Waals surface area (Å²) in [5, 5.41) is 3.47. The second-order valence-electron chi connectivity index (χ2n) is 5.02. The van der Waals surface area contributed by atoms with Gasteiger partial charge in [-0.3, -0.25) is 0 Å². The lowest BCUT2D eigenvalue weighted by atomic mass is 9.85. The van der Waals surface area contributed by atoms with Gasteiger partial charge in [0.1, 0.15) is 0 Å². The molecule has 1 aliphatic carbocycles. The summed E-state index contributed by atoms with van der Waals surface area (Å²) in [6.07, 6.45) is 3.68. The van der Waals surface area contributed by atoms with Gasteiger partial charge in [-0.15, -0.1) is 6.58 Å². The average molecular weight is 215 g/mol. The van der Waals surface area contributed by atoms with Crippen molar-refractivity contribution in [2.45, 2.75) is 37.6 Å². The van der Waals surface area contributed by atoms with Crippen LogP contribution in [0.25, 0.3) is 0 Å². The Morgan fingerprint density at radius 1 is 1.38 bits per heavy atom. The number of likely N-dealkylation sites (N-methyl/N-ethyl adjacent to an activating group) is 1. The monoisotopic (exact) mass is 215 g/mol. The van der Waals surface area contributed by atoms with Gasteiger partial charge in [0.25, 0.3) is 0 Å². The fourth-order valence-electron chi connectivity index (χ4n) is 2.67. The molecule has 0 saturated heterocycles. The number of hydrogen-bond acceptors (Lipinski definition) is 1. The SMILES string of the molecule is C=C(C)CC(NC)C1(c2ccccc2)CC1. The van der Waals surface area contributed by atoms with Gasteiger partial charge in [-0.25, -0.2) is 0 Å². The van der Waals surface area contributed by atoms with Gasteiger partial charge >= 0.3 is 0 Å². The van der Waals surface area contributed by atoms with Crippen LogP contribution in [0.2, 0.25) is 0 Å². The molecule has 1 unspecified atom stereocenters. The maximum atomic E-state index is 4.04. The Morgan fingerprint density at radius 3 is 2.44 bits per heavy atom. The summed E-state index contributed by atoms with van der Waals surface area (Å²) in [5.74, 6) is 0. The maximum Gasteiger partial charge on any atom is 0.0198 e. The van der Waals surface area contributed by atoms with Crippen molar-refractivity contribution in [3.05, 3.63) is 48.0 Å². The van der Waals surface area contributed by atoms with Crippen LogP contribution in [-0.4, -0.2) is 13.1 Å². The lowest BCUT2D eigenvalue weighted by Crippen LogP contribution is -2.37. The van der Waals surface area contributed by atoms with Crippen molar-refractivity contribution in [2.24, 2.45) is 0 Å². The number of rotatable bonds is 5. The molecule has 2 rings (SSSR count). The molecule has 1 atom stereocenters. The van der Waals surface area contributed by atoms with Gasteiger partial charge < -0.3 is 5.32 Å². The molecule has 0 aliphatic heterocycles. The Hall–Kier alpha value is -1.08. The normalized spacial score (nSPS) is 19.1. The van der Waals surface area contributed by atoms with Gasteiger partial charge in [0, 0.05) is 11.5 Å². The zero-order valence-corrected chi connectivity index (χ0v) is 10.3. The largest absolute Gasteiger partial charge is 0.316 e. The van der Waals surface area contributed by atoms with Crippen LogP contribution in [0, 0.1) is 0 Å². The van der Waals surface area contributed by atoms with Gasteiger partial charge in [-0.05, 0) is 38.8 Å². The van der Waals surface area contributed by atoms with E-state index in [1.54, 1.807) is 0 Å². The molecular weight excluding hydrogens is 194 g/mol. The number of hydrogen-bond donors (Lipinski definition) is 1. The summed E-state index contributed by atoms with van der Waals surface area (Å²) in [5.41, 5.74) is 3.12. The lowest BCUT2D eigenvalue weighted by Gasteiger charge is -2.27. The molecule has 1 saturated carbocycles. The van der Waals surface area contributed by atoms with Crippen LogP contribution in [0.15, 0.2) is 42.5 Å². The summed E-state index contributed by atoms with van der Waals surface area (Å²) in [7, 11) is 2.07. The Morgan fingerprint density at radius 2 is 2.00 bits per heavy atom. The average Bonchev–Trinajstić information content (AvgIpc) is 3.08. The quantitative estimate of drug-likeness (QED) is 0.743. The molecule has 0 bridgehead atoms. The molecule has 0 heterocycles. The van der Waals surface area contributed by atoms with Crippen LogP contribution in [-0.2, 0) is 5.41 Å². The number of nitrogens with one attached hydrogen (secondary N) is 1. The Balaban J connectivity index is 2.21. The zero-order chi connectivity index (χ0) is 11.6. The molecule has 1 fully saturated rings. The predicted molar refractivity (Wildman–Crippen MR) is 69.6 cm³/mol. The van der Waals surface area contributed by atoms with Gasteiger partial charge in [0.2, 0.25) is 0 Å². The van der Waals surface area contributed by atoms with Crippen molar-refractivity contribution >= 4 is 0 Å². The van der Waals surface area contributed by atoms with Gasteiger partial charge in [-0.2, -0.15) is 0 Å². The molecule has 0 spiro atoms. The molecule has 1 aromatic carbocycles. The van der Waals surface area contributed by atoms with Crippen molar-refractivity contribution in [1.29, 1.82) is 0 Å². The molecule has 1 nitrogen and oxygen atoms in total. The highest BCUT2D eigenvalue weighted by molar-refractivity contribution is 5.34. The molecule has 1 aliphatic rings. The van der Waals surface area contributed by atoms with E-state index < -0.39 is 0 Å². The molecule has 1 heteroatoms. The van der Waals surface area contributed by atoms with Gasteiger partial charge in [0.05, 0.1) is 0 Å². The zero-order valence-electron chi connectivity index (χ0n) is 10.3. The van der Waals surface area contributed by atoms with E-state index in [2.05, 4.69) is 56.2 Å². The highest BCUT2D eigenvalue weighted by Gasteiger charge is 2.49. The van der Waals surface area contributed by atoms with Crippen LogP contribution in [0.4, 0.5) is 0 Å². The lowest BCUT2D eigenvalue weighted by molar-refractivity contribution is 0.442. The highest BCUT2D eigenvalue weighted by Crippen LogP contribution is 2.52. The third kappa shape index (κ3) is 2.05. The van der Waals surface area contributed by atoms with E-state index >= 15 is 0 Å². The van der Waals surface area contributed by atoms with Crippen LogP contribution in [0.5, 0.6) is 0 Å². The van der Waals surface area contributed by atoms with Crippen molar-refractivity contribution in [2.75, 3.05) is 7.05 Å². The van der Waals surface area contributed by atoms with E-state index in [1.807, 2.05) is 0 Å². The highest BCUT2D eigenvalue weighted by atomic mass is 14.9. The molecule has 16 heavy (non-hydrogen) atoms. The fourth-order valence-corrected chi connectivity index (χ4v) is 2.67. The molecular formula is C15H21N. The van der Waals surface area contributed by atoms with Gasteiger partial charge in [0.15, 0.2) is 0 Å². The van der Waals surface area contributed by atoms with Crippen LogP contribution in [0.1, 0.15) is 31.7 Å². The summed E-state index contributed by atoms with van der Waals surface area (Å²) in [4.78, 5) is 0. The van der Waals surface area contributed by atoms with Crippen LogP contribution >= 0.6 is 0 Å². The first-order valence-corrected chi connectivity index (χ1v) is 6.06. The van der Waals surface area contributed by atoms with E-state index in [0.29, 0.717) is 11.5 Å². The standard InChI is InChI=1S/C15H21N/c1-12(2)11-14(16-3)15(9-10-15)13-7-5-4-6-8-13/h4-8,14,16H,1,9-11H2,2-3H3. The van der Waals surface area contributed by atoms with Crippen molar-refractivity contribution in [3.63, 3.8) is 0 Å². The van der Waals surface area contributed by atoms with E-state index in [4.69, 9.17) is 0 Å². The minimum absolute atomic E-state index is 0.370. The second-order valence-corrected chi connectivity index (χ2v) is 5.02. The molecule has 1 aromatic rings. The van der Waals surface area contributed by atoms with E-state index in [1.165, 1.54) is 24.0 Å². The molecule has 0 amide bonds. The topological polar surface area (TPSA) is 12.0 Å². The fraction of sp³-hybridized carbons (Fsp3) is 0.467. The predicted octanol–water partition coefficient (Wildman–Crippen LogP) is 3.27. The van der Waals surface area contributed by atoms with Crippen molar-refractivity contribution < 1.29 is 0 Å². The van der Waals surface area contributed by atoms with Crippen LogP contribution in [0.3, 0.4) is 0 Å². The molecule has 1 N–H and O–H groups in total. The summed E-state index contributed by atoms with van der Waals surface area (Å²) < 4.78 is 0. The Kier molecular flexibility index (Phi) is 3.15. The summed E-state index contributed by atoms with van der Waals surface area (Å²) in [6.45, 7) is 6.15. The molecule has 0 radical (unpaired) electrons. The third-order valence-electron chi connectivity index (χ3n) is 3.71. The maximum absolute atomic E-state index is 4.04. The van der Waals surface area contributed by atoms with Crippen LogP contribution < -0.4 is 5.32 Å². The third-order valence-corrected chi connectivity index (χ3v) is 3.71. The molecule has 0 aromatic heterocycles. The first-order valence-electron chi connectivity index (χ1n) is 6.06. The molecule has 86 valence electrons. The number of benzene rings is 1. The Labute approximate surface area is 98.6 Å².